The fourth-order valence-electron chi connectivity index (χ4n) is 3.95. The number of methoxy groups -OCH3 is 1. The van der Waals surface area contributed by atoms with E-state index in [-0.39, 0.29) is 23.3 Å². The third kappa shape index (κ3) is 5.58. The summed E-state index contributed by atoms with van der Waals surface area (Å²) in [6, 6.07) is 18.3. The van der Waals surface area contributed by atoms with Gasteiger partial charge in [-0.3, -0.25) is 4.79 Å². The second-order valence-corrected chi connectivity index (χ2v) is 10.9. The van der Waals surface area contributed by atoms with Gasteiger partial charge in [-0.25, -0.2) is 13.1 Å². The van der Waals surface area contributed by atoms with Gasteiger partial charge < -0.3 is 19.5 Å². The second kappa shape index (κ2) is 9.59. The lowest BCUT2D eigenvalue weighted by molar-refractivity contribution is 0.0919. The molecule has 1 unspecified atom stereocenters. The Balaban J connectivity index is 1.58. The number of H-pyrrole nitrogens is 1. The number of amides is 1. The molecule has 4 aromatic rings. The number of carbonyl (C=O) groups excluding carboxylic acids is 1. The minimum atomic E-state index is -3.88. The Labute approximate surface area is 204 Å². The number of benzene rings is 2. The summed E-state index contributed by atoms with van der Waals surface area (Å²) in [5.41, 5.74) is 2.34. The van der Waals surface area contributed by atoms with E-state index < -0.39 is 21.5 Å². The lowest BCUT2D eigenvalue weighted by Crippen LogP contribution is -2.40. The van der Waals surface area contributed by atoms with Crippen molar-refractivity contribution < 1.29 is 22.4 Å². The van der Waals surface area contributed by atoms with Crippen LogP contribution in [0, 0.1) is 0 Å². The van der Waals surface area contributed by atoms with Gasteiger partial charge in [0.15, 0.2) is 5.76 Å². The first-order valence-electron chi connectivity index (χ1n) is 11.2. The van der Waals surface area contributed by atoms with Crippen molar-refractivity contribution >= 4 is 26.8 Å². The molecule has 0 bridgehead atoms. The first-order valence-corrected chi connectivity index (χ1v) is 12.7. The Morgan fingerprint density at radius 1 is 1.06 bits per heavy atom. The molecule has 0 aliphatic carbocycles. The minimum absolute atomic E-state index is 0.0771. The molecule has 0 aliphatic heterocycles. The third-order valence-electron chi connectivity index (χ3n) is 5.49. The van der Waals surface area contributed by atoms with Gasteiger partial charge in [-0.05, 0) is 62.2 Å². The maximum atomic E-state index is 12.9. The van der Waals surface area contributed by atoms with E-state index in [4.69, 9.17) is 9.15 Å². The molecule has 0 fully saturated rings. The molecule has 184 valence electrons. The van der Waals surface area contributed by atoms with E-state index in [1.54, 1.807) is 27.9 Å². The van der Waals surface area contributed by atoms with Gasteiger partial charge in [-0.1, -0.05) is 30.3 Å². The Morgan fingerprint density at radius 3 is 2.46 bits per heavy atom. The number of sulfonamides is 1. The normalized spacial score (nSPS) is 13.0. The average molecular weight is 496 g/mol. The van der Waals surface area contributed by atoms with Crippen LogP contribution in [-0.4, -0.2) is 38.5 Å². The van der Waals surface area contributed by atoms with E-state index >= 15 is 0 Å². The molecular formula is C26H29N3O5S. The van der Waals surface area contributed by atoms with Crippen molar-refractivity contribution in [2.24, 2.45) is 0 Å². The maximum Gasteiger partial charge on any atom is 0.287 e. The van der Waals surface area contributed by atoms with Crippen LogP contribution >= 0.6 is 0 Å². The zero-order valence-electron chi connectivity index (χ0n) is 20.1. The van der Waals surface area contributed by atoms with Crippen molar-refractivity contribution in [3.63, 3.8) is 0 Å². The van der Waals surface area contributed by atoms with Crippen LogP contribution in [0.3, 0.4) is 0 Å². The minimum Gasteiger partial charge on any atom is -0.497 e. The van der Waals surface area contributed by atoms with E-state index in [0.29, 0.717) is 0 Å². The van der Waals surface area contributed by atoms with Crippen LogP contribution in [0.25, 0.3) is 10.9 Å². The van der Waals surface area contributed by atoms with Crippen molar-refractivity contribution in [1.29, 1.82) is 0 Å². The number of aromatic nitrogens is 1. The van der Waals surface area contributed by atoms with Gasteiger partial charge in [0, 0.05) is 35.1 Å². The molecule has 2 aromatic heterocycles. The highest BCUT2D eigenvalue weighted by Gasteiger charge is 2.27. The summed E-state index contributed by atoms with van der Waals surface area (Å²) in [5, 5.41) is 3.65. The maximum absolute atomic E-state index is 12.9. The molecule has 0 saturated heterocycles. The summed E-state index contributed by atoms with van der Waals surface area (Å²) in [5.74, 6) is -0.00219. The van der Waals surface area contributed by atoms with E-state index in [9.17, 15) is 13.2 Å². The predicted octanol–water partition coefficient (Wildman–Crippen LogP) is 4.41. The smallest absolute Gasteiger partial charge is 0.287 e. The summed E-state index contributed by atoms with van der Waals surface area (Å²) < 4.78 is 38.2. The molecule has 35 heavy (non-hydrogen) atoms. The van der Waals surface area contributed by atoms with Gasteiger partial charge in [-0.15, -0.1) is 0 Å². The first-order chi connectivity index (χ1) is 16.6. The van der Waals surface area contributed by atoms with Gasteiger partial charge in [0.05, 0.1) is 7.11 Å². The Bertz CT molecular complexity index is 1430. The van der Waals surface area contributed by atoms with Gasteiger partial charge >= 0.3 is 0 Å². The van der Waals surface area contributed by atoms with E-state index in [2.05, 4.69) is 15.0 Å². The third-order valence-corrected chi connectivity index (χ3v) is 7.12. The predicted molar refractivity (Wildman–Crippen MR) is 134 cm³/mol. The summed E-state index contributed by atoms with van der Waals surface area (Å²) in [6.45, 7) is 5.46. The summed E-state index contributed by atoms with van der Waals surface area (Å²) in [6.07, 6.45) is 1.95. The van der Waals surface area contributed by atoms with E-state index in [1.807, 2.05) is 54.7 Å². The SMILES string of the molecule is COc1ccc(C(CNC(=O)c2ccc(S(=O)(=O)NC(C)(C)C)o2)c2c[nH]c3ccccc23)cc1. The lowest BCUT2D eigenvalue weighted by Gasteiger charge is -2.19. The van der Waals surface area contributed by atoms with Crippen molar-refractivity contribution in [1.82, 2.24) is 15.0 Å². The van der Waals surface area contributed by atoms with Crippen LogP contribution in [0.2, 0.25) is 0 Å². The summed E-state index contributed by atoms with van der Waals surface area (Å²) >= 11 is 0. The number of rotatable bonds is 8. The molecule has 2 heterocycles. The van der Waals surface area contributed by atoms with Crippen molar-refractivity contribution in [3.05, 3.63) is 83.7 Å². The molecular weight excluding hydrogens is 466 g/mol. The number of hydrogen-bond donors (Lipinski definition) is 3. The highest BCUT2D eigenvalue weighted by Crippen LogP contribution is 2.31. The number of nitrogens with one attached hydrogen (secondary N) is 3. The van der Waals surface area contributed by atoms with Crippen LogP contribution in [0.15, 0.2) is 76.4 Å². The molecule has 1 atom stereocenters. The van der Waals surface area contributed by atoms with E-state index in [0.717, 1.165) is 27.8 Å². The average Bonchev–Trinajstić information content (AvgIpc) is 3.47. The number of fused-ring (bicyclic) bond motifs is 1. The summed E-state index contributed by atoms with van der Waals surface area (Å²) in [4.78, 5) is 16.2. The summed E-state index contributed by atoms with van der Waals surface area (Å²) in [7, 11) is -2.27. The number of hydrogen-bond acceptors (Lipinski definition) is 5. The van der Waals surface area contributed by atoms with Gasteiger partial charge in [0.25, 0.3) is 15.9 Å². The number of ether oxygens (including phenoxy) is 1. The molecule has 3 N–H and O–H groups in total. The lowest BCUT2D eigenvalue weighted by atomic mass is 9.90. The Morgan fingerprint density at radius 2 is 1.77 bits per heavy atom. The zero-order chi connectivity index (χ0) is 25.2. The molecule has 1 amide bonds. The molecule has 8 nitrogen and oxygen atoms in total. The second-order valence-electron chi connectivity index (χ2n) is 9.30. The number of carbonyl (C=O) groups is 1. The molecule has 0 radical (unpaired) electrons. The number of furan rings is 1. The fraction of sp³-hybridized carbons (Fsp3) is 0.269. The monoisotopic (exact) mass is 495 g/mol. The highest BCUT2D eigenvalue weighted by atomic mass is 32.2. The van der Waals surface area contributed by atoms with Gasteiger partial charge in [0.1, 0.15) is 5.75 Å². The first kappa shape index (κ1) is 24.6. The number of aromatic amines is 1. The highest BCUT2D eigenvalue weighted by molar-refractivity contribution is 7.89. The van der Waals surface area contributed by atoms with E-state index in [1.165, 1.54) is 12.1 Å². The fourth-order valence-corrected chi connectivity index (χ4v) is 5.30. The molecule has 4 rings (SSSR count). The van der Waals surface area contributed by atoms with Crippen LogP contribution in [0.4, 0.5) is 0 Å². The van der Waals surface area contributed by atoms with Crippen molar-refractivity contribution in [2.45, 2.75) is 37.3 Å². The van der Waals surface area contributed by atoms with Crippen LogP contribution in [-0.2, 0) is 10.0 Å². The molecule has 9 heteroatoms. The molecule has 0 saturated carbocycles. The van der Waals surface area contributed by atoms with Gasteiger partial charge in [0.2, 0.25) is 5.09 Å². The standard InChI is InChI=1S/C26H29N3O5S/c1-26(2,3)29-35(31,32)24-14-13-23(34-24)25(30)28-15-20(17-9-11-18(33-4)12-10-17)21-16-27-22-8-6-5-7-19(21)22/h5-14,16,20,27,29H,15H2,1-4H3,(H,28,30). The van der Waals surface area contributed by atoms with Crippen LogP contribution in [0.5, 0.6) is 5.75 Å². The number of para-hydroxylation sites is 1. The molecule has 0 aliphatic rings. The zero-order valence-corrected chi connectivity index (χ0v) is 20.9. The molecule has 0 spiro atoms. The Kier molecular flexibility index (Phi) is 6.73. The quantitative estimate of drug-likeness (QED) is 0.335. The largest absolute Gasteiger partial charge is 0.497 e. The van der Waals surface area contributed by atoms with Crippen molar-refractivity contribution in [3.8, 4) is 5.75 Å². The van der Waals surface area contributed by atoms with Crippen LogP contribution in [0.1, 0.15) is 48.4 Å². The van der Waals surface area contributed by atoms with Crippen molar-refractivity contribution in [2.75, 3.05) is 13.7 Å². The Hall–Kier alpha value is -3.56. The molecule has 2 aromatic carbocycles. The topological polar surface area (TPSA) is 113 Å². The van der Waals surface area contributed by atoms with Crippen LogP contribution < -0.4 is 14.8 Å². The van der Waals surface area contributed by atoms with Gasteiger partial charge in [-0.2, -0.15) is 0 Å².